The molecule has 0 N–H and O–H groups in total. The molecule has 30 heavy (non-hydrogen) atoms. The first-order valence-electron chi connectivity index (χ1n) is 9.97. The molecule has 0 atom stereocenters. The molecule has 0 heterocycles. The monoisotopic (exact) mass is 438 g/mol. The summed E-state index contributed by atoms with van der Waals surface area (Å²) in [5.41, 5.74) is 0. The summed E-state index contributed by atoms with van der Waals surface area (Å²) in [7, 11) is 8.35. The molecule has 0 aromatic heterocycles. The summed E-state index contributed by atoms with van der Waals surface area (Å²) in [5, 5.41) is 0. The lowest BCUT2D eigenvalue weighted by atomic mass is 10.4. The number of methoxy groups -OCH3 is 2. The summed E-state index contributed by atoms with van der Waals surface area (Å²) in [6.45, 7) is 14.3. The molecule has 0 rings (SSSR count). The van der Waals surface area contributed by atoms with Crippen LogP contribution in [0, 0.1) is 0 Å². The van der Waals surface area contributed by atoms with Crippen molar-refractivity contribution in [3.05, 3.63) is 0 Å². The lowest BCUT2D eigenvalue weighted by Crippen LogP contribution is -2.22. The van der Waals surface area contributed by atoms with E-state index in [0.29, 0.717) is 19.4 Å². The molecule has 0 aliphatic carbocycles. The van der Waals surface area contributed by atoms with Crippen molar-refractivity contribution in [1.82, 2.24) is 9.80 Å². The first-order chi connectivity index (χ1) is 13.9. The average molecular weight is 439 g/mol. The molecule has 9 heteroatoms. The Morgan fingerprint density at radius 3 is 1.20 bits per heavy atom. The van der Waals surface area contributed by atoms with Gasteiger partial charge in [-0.1, -0.05) is 13.8 Å². The summed E-state index contributed by atoms with van der Waals surface area (Å²) in [4.78, 5) is 43.8. The zero-order valence-electron chi connectivity index (χ0n) is 21.3. The molecule has 0 radical (unpaired) electrons. The molecule has 0 bridgehead atoms. The summed E-state index contributed by atoms with van der Waals surface area (Å²) in [6, 6.07) is 0. The number of amides is 2. The third kappa shape index (κ3) is 50.1. The number of carbonyl (C=O) groups excluding carboxylic acids is 4. The fourth-order valence-corrected chi connectivity index (χ4v) is 0.886. The van der Waals surface area contributed by atoms with Gasteiger partial charge in [0.2, 0.25) is 11.8 Å². The minimum absolute atomic E-state index is 0.127. The van der Waals surface area contributed by atoms with Crippen molar-refractivity contribution in [2.45, 2.75) is 61.3 Å². The van der Waals surface area contributed by atoms with E-state index < -0.39 is 0 Å². The van der Waals surface area contributed by atoms with Gasteiger partial charge in [-0.2, -0.15) is 0 Å². The minimum atomic E-state index is -0.211. The predicted molar refractivity (Wildman–Crippen MR) is 120 cm³/mol. The third-order valence-corrected chi connectivity index (χ3v) is 2.97. The smallest absolute Gasteiger partial charge is 0.305 e. The van der Waals surface area contributed by atoms with E-state index in [0.717, 1.165) is 13.2 Å². The largest absolute Gasteiger partial charge is 0.469 e. The standard InChI is InChI=1S/2C5H11NO.2C4H8O2.C3H8O/c1-4-5(7)6(2)3;1-4-6(3)5(2)7;1-3-4(5)6-2;1-3-6-4(2)5;1-3-4-2/h2*4H2,1-3H3;2*3H2,1-2H3;3H2,1-2H3. The van der Waals surface area contributed by atoms with Gasteiger partial charge in [-0.15, -0.1) is 0 Å². The van der Waals surface area contributed by atoms with E-state index in [1.165, 1.54) is 14.0 Å². The molecule has 182 valence electrons. The average Bonchev–Trinajstić information content (AvgIpc) is 2.72. The van der Waals surface area contributed by atoms with Crippen LogP contribution in [0.25, 0.3) is 0 Å². The quantitative estimate of drug-likeness (QED) is 0.608. The molecule has 0 saturated heterocycles. The number of carbonyl (C=O) groups is 4. The van der Waals surface area contributed by atoms with E-state index in [9.17, 15) is 19.2 Å². The van der Waals surface area contributed by atoms with Crippen LogP contribution in [0.15, 0.2) is 0 Å². The van der Waals surface area contributed by atoms with Crippen molar-refractivity contribution >= 4 is 23.8 Å². The van der Waals surface area contributed by atoms with Gasteiger partial charge in [0.25, 0.3) is 0 Å². The zero-order valence-corrected chi connectivity index (χ0v) is 21.3. The summed E-state index contributed by atoms with van der Waals surface area (Å²) in [5.74, 6) is -0.0602. The highest BCUT2D eigenvalue weighted by molar-refractivity contribution is 5.75. The number of rotatable bonds is 5. The van der Waals surface area contributed by atoms with E-state index in [2.05, 4.69) is 14.2 Å². The van der Waals surface area contributed by atoms with Crippen LogP contribution >= 0.6 is 0 Å². The fraction of sp³-hybridized carbons (Fsp3) is 0.810. The Kier molecular flexibility index (Phi) is 40.4. The SMILES string of the molecule is CCC(=O)N(C)C.CCC(=O)OC.CCN(C)C(C)=O.CCOC.CCOC(C)=O. The van der Waals surface area contributed by atoms with Crippen LogP contribution in [0.5, 0.6) is 0 Å². The van der Waals surface area contributed by atoms with Crippen LogP contribution in [0.3, 0.4) is 0 Å². The Balaban J connectivity index is -0.0000000878. The molecule has 0 aliphatic heterocycles. The normalized spacial score (nSPS) is 8.00. The molecule has 2 amide bonds. The van der Waals surface area contributed by atoms with Crippen molar-refractivity contribution in [2.75, 3.05) is 55.1 Å². The maximum absolute atomic E-state index is 10.4. The van der Waals surface area contributed by atoms with Crippen molar-refractivity contribution in [3.63, 3.8) is 0 Å². The lowest BCUT2D eigenvalue weighted by molar-refractivity contribution is -0.141. The van der Waals surface area contributed by atoms with Crippen LogP contribution in [-0.2, 0) is 33.4 Å². The second kappa shape index (κ2) is 31.5. The fourth-order valence-electron chi connectivity index (χ4n) is 0.886. The van der Waals surface area contributed by atoms with Crippen molar-refractivity contribution < 1.29 is 33.4 Å². The molecule has 0 spiro atoms. The van der Waals surface area contributed by atoms with Crippen LogP contribution in [0.1, 0.15) is 61.3 Å². The number of hydrogen-bond donors (Lipinski definition) is 0. The minimum Gasteiger partial charge on any atom is -0.469 e. The van der Waals surface area contributed by atoms with Gasteiger partial charge < -0.3 is 24.0 Å². The maximum Gasteiger partial charge on any atom is 0.305 e. The summed E-state index contributed by atoms with van der Waals surface area (Å²) in [6.07, 6.45) is 1.07. The van der Waals surface area contributed by atoms with Crippen molar-refractivity contribution in [1.29, 1.82) is 0 Å². The van der Waals surface area contributed by atoms with Gasteiger partial charge in [-0.3, -0.25) is 19.2 Å². The molecule has 0 fully saturated rings. The molecule has 0 saturated carbocycles. The number of ether oxygens (including phenoxy) is 3. The lowest BCUT2D eigenvalue weighted by Gasteiger charge is -2.09. The molecular weight excluding hydrogens is 392 g/mol. The van der Waals surface area contributed by atoms with Gasteiger partial charge in [0.05, 0.1) is 13.7 Å². The Hall–Kier alpha value is -2.16. The van der Waals surface area contributed by atoms with E-state index in [-0.39, 0.29) is 23.8 Å². The van der Waals surface area contributed by atoms with Crippen LogP contribution in [-0.4, -0.2) is 88.7 Å². The molecular formula is C21H46N2O7. The Labute approximate surface area is 184 Å². The predicted octanol–water partition coefficient (Wildman–Crippen LogP) is 2.76. The zero-order chi connectivity index (χ0) is 25.1. The Bertz CT molecular complexity index is 406. The summed E-state index contributed by atoms with van der Waals surface area (Å²) >= 11 is 0. The number of nitrogens with zero attached hydrogens (tertiary/aromatic N) is 2. The summed E-state index contributed by atoms with van der Waals surface area (Å²) < 4.78 is 13.2. The van der Waals surface area contributed by atoms with Gasteiger partial charge in [0, 0.05) is 68.1 Å². The van der Waals surface area contributed by atoms with Crippen LogP contribution < -0.4 is 0 Å². The van der Waals surface area contributed by atoms with Crippen LogP contribution in [0.2, 0.25) is 0 Å². The first-order valence-corrected chi connectivity index (χ1v) is 9.97. The van der Waals surface area contributed by atoms with Gasteiger partial charge in [-0.05, 0) is 20.8 Å². The second-order valence-electron chi connectivity index (χ2n) is 5.61. The molecule has 0 aromatic carbocycles. The second-order valence-corrected chi connectivity index (χ2v) is 5.61. The van der Waals surface area contributed by atoms with Crippen molar-refractivity contribution in [2.24, 2.45) is 0 Å². The molecule has 0 aromatic rings. The van der Waals surface area contributed by atoms with Gasteiger partial charge in [0.15, 0.2) is 0 Å². The third-order valence-electron chi connectivity index (χ3n) is 2.97. The highest BCUT2D eigenvalue weighted by Gasteiger charge is 1.95. The highest BCUT2D eigenvalue weighted by atomic mass is 16.5. The van der Waals surface area contributed by atoms with Gasteiger partial charge in [-0.25, -0.2) is 0 Å². The van der Waals surface area contributed by atoms with E-state index in [1.54, 1.807) is 58.8 Å². The molecule has 0 unspecified atom stereocenters. The van der Waals surface area contributed by atoms with Gasteiger partial charge >= 0.3 is 11.9 Å². The number of esters is 2. The topological polar surface area (TPSA) is 102 Å². The molecule has 9 nitrogen and oxygen atoms in total. The van der Waals surface area contributed by atoms with Crippen LogP contribution in [0.4, 0.5) is 0 Å². The first kappa shape index (κ1) is 38.4. The van der Waals surface area contributed by atoms with Gasteiger partial charge in [0.1, 0.15) is 0 Å². The molecule has 0 aliphatic rings. The highest BCUT2D eigenvalue weighted by Crippen LogP contribution is 1.81. The van der Waals surface area contributed by atoms with Crippen molar-refractivity contribution in [3.8, 4) is 0 Å². The Morgan fingerprint density at radius 1 is 0.767 bits per heavy atom. The van der Waals surface area contributed by atoms with E-state index >= 15 is 0 Å². The number of hydrogen-bond acceptors (Lipinski definition) is 7. The van der Waals surface area contributed by atoms with E-state index in [1.807, 2.05) is 20.8 Å². The maximum atomic E-state index is 10.4. The Morgan fingerprint density at radius 2 is 1.20 bits per heavy atom. The van der Waals surface area contributed by atoms with E-state index in [4.69, 9.17) is 0 Å².